The molecule has 2 aliphatic rings. The van der Waals surface area contributed by atoms with Gasteiger partial charge in [0.15, 0.2) is 0 Å². The molecule has 4 heteroatoms. The van der Waals surface area contributed by atoms with Crippen LogP contribution in [0.1, 0.15) is 38.5 Å². The lowest BCUT2D eigenvalue weighted by Crippen LogP contribution is -2.46. The molecule has 2 fully saturated rings. The number of hydrogen-bond donors (Lipinski definition) is 1. The van der Waals surface area contributed by atoms with Crippen LogP contribution in [0.4, 0.5) is 0 Å². The Hall–Kier alpha value is -0.610. The van der Waals surface area contributed by atoms with Crippen LogP contribution >= 0.6 is 0 Å². The largest absolute Gasteiger partial charge is 0.481 e. The maximum Gasteiger partial charge on any atom is 0.310 e. The molecule has 98 valence electrons. The maximum atomic E-state index is 11.6. The van der Waals surface area contributed by atoms with Gasteiger partial charge in [-0.2, -0.15) is 0 Å². The minimum absolute atomic E-state index is 0.410. The van der Waals surface area contributed by atoms with Crippen molar-refractivity contribution in [1.82, 2.24) is 4.90 Å². The van der Waals surface area contributed by atoms with Gasteiger partial charge in [-0.3, -0.25) is 9.69 Å². The number of ether oxygens (including phenoxy) is 1. The van der Waals surface area contributed by atoms with Gasteiger partial charge in [0.1, 0.15) is 0 Å². The standard InChI is InChI=1S/C13H23NO3/c1-14(11-5-8-17-9-11)10-13(12(15)16)6-3-2-4-7-13/h11H,2-10H2,1H3,(H,15,16). The van der Waals surface area contributed by atoms with Gasteiger partial charge in [0.25, 0.3) is 0 Å². The van der Waals surface area contributed by atoms with Crippen molar-refractivity contribution in [2.24, 2.45) is 5.41 Å². The molecule has 0 spiro atoms. The fourth-order valence-electron chi connectivity index (χ4n) is 3.14. The first-order valence-electron chi connectivity index (χ1n) is 6.65. The average molecular weight is 241 g/mol. The van der Waals surface area contributed by atoms with Crippen LogP contribution in [-0.4, -0.2) is 48.8 Å². The topological polar surface area (TPSA) is 49.8 Å². The molecule has 17 heavy (non-hydrogen) atoms. The average Bonchev–Trinajstić information content (AvgIpc) is 2.83. The van der Waals surface area contributed by atoms with Gasteiger partial charge in [-0.15, -0.1) is 0 Å². The number of carbonyl (C=O) groups is 1. The second-order valence-corrected chi connectivity index (χ2v) is 5.58. The summed E-state index contributed by atoms with van der Waals surface area (Å²) in [5, 5.41) is 9.52. The van der Waals surface area contributed by atoms with E-state index in [0.717, 1.165) is 45.3 Å². The zero-order valence-electron chi connectivity index (χ0n) is 10.7. The fraction of sp³-hybridized carbons (Fsp3) is 0.923. The smallest absolute Gasteiger partial charge is 0.310 e. The van der Waals surface area contributed by atoms with Crippen molar-refractivity contribution in [3.63, 3.8) is 0 Å². The molecule has 0 bridgehead atoms. The lowest BCUT2D eigenvalue weighted by atomic mass is 9.73. The minimum atomic E-state index is -0.608. The number of aliphatic carboxylic acids is 1. The van der Waals surface area contributed by atoms with E-state index in [1.165, 1.54) is 6.42 Å². The summed E-state index contributed by atoms with van der Waals surface area (Å²) in [5.41, 5.74) is -0.504. The molecule has 1 heterocycles. The van der Waals surface area contributed by atoms with E-state index in [1.807, 2.05) is 7.05 Å². The van der Waals surface area contributed by atoms with Gasteiger partial charge in [0.05, 0.1) is 12.0 Å². The van der Waals surface area contributed by atoms with Crippen LogP contribution in [0.25, 0.3) is 0 Å². The van der Waals surface area contributed by atoms with E-state index in [1.54, 1.807) is 0 Å². The lowest BCUT2D eigenvalue weighted by molar-refractivity contribution is -0.152. The van der Waals surface area contributed by atoms with Crippen molar-refractivity contribution in [2.45, 2.75) is 44.6 Å². The Bertz CT molecular complexity index is 268. The number of carboxylic acids is 1. The van der Waals surface area contributed by atoms with E-state index in [4.69, 9.17) is 4.74 Å². The van der Waals surface area contributed by atoms with Gasteiger partial charge >= 0.3 is 5.97 Å². The van der Waals surface area contributed by atoms with Crippen molar-refractivity contribution in [1.29, 1.82) is 0 Å². The Morgan fingerprint density at radius 1 is 1.41 bits per heavy atom. The van der Waals surface area contributed by atoms with Crippen molar-refractivity contribution in [3.05, 3.63) is 0 Å². The third-order valence-corrected chi connectivity index (χ3v) is 4.35. The molecule has 0 radical (unpaired) electrons. The van der Waals surface area contributed by atoms with E-state index >= 15 is 0 Å². The van der Waals surface area contributed by atoms with Crippen LogP contribution < -0.4 is 0 Å². The highest BCUT2D eigenvalue weighted by Gasteiger charge is 2.41. The van der Waals surface area contributed by atoms with Gasteiger partial charge < -0.3 is 9.84 Å². The van der Waals surface area contributed by atoms with Crippen LogP contribution in [0.3, 0.4) is 0 Å². The molecular formula is C13H23NO3. The van der Waals surface area contributed by atoms with Gasteiger partial charge in [0, 0.05) is 19.2 Å². The first kappa shape index (κ1) is 12.8. The summed E-state index contributed by atoms with van der Waals surface area (Å²) >= 11 is 0. The van der Waals surface area contributed by atoms with Crippen LogP contribution in [0.2, 0.25) is 0 Å². The highest BCUT2D eigenvalue weighted by Crippen LogP contribution is 2.37. The Labute approximate surface area is 103 Å². The number of hydrogen-bond acceptors (Lipinski definition) is 3. The van der Waals surface area contributed by atoms with E-state index in [2.05, 4.69) is 4.90 Å². The SMILES string of the molecule is CN(CC1(C(=O)O)CCCCC1)C1CCOC1. The van der Waals surface area contributed by atoms with Crippen LogP contribution in [0.15, 0.2) is 0 Å². The molecule has 0 aromatic carbocycles. The van der Waals surface area contributed by atoms with Gasteiger partial charge in [-0.25, -0.2) is 0 Å². The number of nitrogens with zero attached hydrogens (tertiary/aromatic N) is 1. The van der Waals surface area contributed by atoms with E-state index < -0.39 is 11.4 Å². The van der Waals surface area contributed by atoms with Gasteiger partial charge in [-0.05, 0) is 26.3 Å². The summed E-state index contributed by atoms with van der Waals surface area (Å²) in [4.78, 5) is 13.8. The quantitative estimate of drug-likeness (QED) is 0.814. The molecule has 0 aromatic heterocycles. The zero-order valence-corrected chi connectivity index (χ0v) is 10.7. The Balaban J connectivity index is 1.98. The van der Waals surface area contributed by atoms with Crippen molar-refractivity contribution in [3.8, 4) is 0 Å². The number of carboxylic acid groups (broad SMARTS) is 1. The Morgan fingerprint density at radius 3 is 2.65 bits per heavy atom. The van der Waals surface area contributed by atoms with Crippen LogP contribution in [0, 0.1) is 5.41 Å². The van der Waals surface area contributed by atoms with Crippen LogP contribution in [0.5, 0.6) is 0 Å². The number of rotatable bonds is 4. The molecule has 1 aliphatic carbocycles. The third kappa shape index (κ3) is 2.80. The number of likely N-dealkylation sites (N-methyl/N-ethyl adjacent to an activating group) is 1. The van der Waals surface area contributed by atoms with E-state index in [-0.39, 0.29) is 0 Å². The molecule has 1 unspecified atom stereocenters. The molecule has 2 rings (SSSR count). The summed E-state index contributed by atoms with van der Waals surface area (Å²) in [5.74, 6) is -0.608. The van der Waals surface area contributed by atoms with Crippen molar-refractivity contribution in [2.75, 3.05) is 26.8 Å². The second kappa shape index (κ2) is 5.36. The highest BCUT2D eigenvalue weighted by molar-refractivity contribution is 5.75. The lowest BCUT2D eigenvalue weighted by Gasteiger charge is -2.38. The van der Waals surface area contributed by atoms with Gasteiger partial charge in [-0.1, -0.05) is 19.3 Å². The molecular weight excluding hydrogens is 218 g/mol. The predicted octanol–water partition coefficient (Wildman–Crippen LogP) is 1.74. The summed E-state index contributed by atoms with van der Waals surface area (Å²) in [6.07, 6.45) is 6.00. The Kier molecular flexibility index (Phi) is 4.05. The first-order chi connectivity index (χ1) is 8.14. The van der Waals surface area contributed by atoms with Crippen molar-refractivity contribution < 1.29 is 14.6 Å². The van der Waals surface area contributed by atoms with E-state index in [9.17, 15) is 9.90 Å². The van der Waals surface area contributed by atoms with E-state index in [0.29, 0.717) is 12.6 Å². The molecule has 1 saturated carbocycles. The normalized spacial score (nSPS) is 28.5. The molecule has 1 saturated heterocycles. The predicted molar refractivity (Wildman–Crippen MR) is 65.0 cm³/mol. The molecule has 1 atom stereocenters. The molecule has 1 aliphatic heterocycles. The highest BCUT2D eigenvalue weighted by atomic mass is 16.5. The monoisotopic (exact) mass is 241 g/mol. The fourth-order valence-corrected chi connectivity index (χ4v) is 3.14. The summed E-state index contributed by atoms with van der Waals surface area (Å²) < 4.78 is 5.37. The summed E-state index contributed by atoms with van der Waals surface area (Å²) in [6, 6.07) is 0.410. The molecule has 4 nitrogen and oxygen atoms in total. The second-order valence-electron chi connectivity index (χ2n) is 5.58. The minimum Gasteiger partial charge on any atom is -0.481 e. The summed E-state index contributed by atoms with van der Waals surface area (Å²) in [7, 11) is 2.04. The Morgan fingerprint density at radius 2 is 2.12 bits per heavy atom. The zero-order chi connectivity index (χ0) is 12.3. The first-order valence-corrected chi connectivity index (χ1v) is 6.65. The maximum absolute atomic E-state index is 11.6. The van der Waals surface area contributed by atoms with Crippen LogP contribution in [-0.2, 0) is 9.53 Å². The van der Waals surface area contributed by atoms with Crippen molar-refractivity contribution >= 4 is 5.97 Å². The summed E-state index contributed by atoms with van der Waals surface area (Å²) in [6.45, 7) is 2.25. The molecule has 0 amide bonds. The molecule has 0 aromatic rings. The third-order valence-electron chi connectivity index (χ3n) is 4.35. The molecule has 1 N–H and O–H groups in total. The van der Waals surface area contributed by atoms with Gasteiger partial charge in [0.2, 0.25) is 0 Å².